The summed E-state index contributed by atoms with van der Waals surface area (Å²) in [4.78, 5) is 25.2. The van der Waals surface area contributed by atoms with Gasteiger partial charge in [-0.15, -0.1) is 0 Å². The largest absolute Gasteiger partial charge is 0.481 e. The summed E-state index contributed by atoms with van der Waals surface area (Å²) < 4.78 is 0. The Kier molecular flexibility index (Phi) is 2.89. The number of rotatable bonds is 2. The van der Waals surface area contributed by atoms with Gasteiger partial charge in [-0.1, -0.05) is 25.1 Å². The fourth-order valence-electron chi connectivity index (χ4n) is 2.37. The lowest BCUT2D eigenvalue weighted by Crippen LogP contribution is -2.35. The third-order valence-corrected chi connectivity index (χ3v) is 3.97. The van der Waals surface area contributed by atoms with Crippen molar-refractivity contribution < 1.29 is 14.7 Å². The number of nitrogens with zero attached hydrogens (tertiary/aromatic N) is 1. The number of benzene rings is 1. The first kappa shape index (κ1) is 12.6. The number of hydrogen-bond donors (Lipinski definition) is 1. The summed E-state index contributed by atoms with van der Waals surface area (Å²) in [6, 6.07) is 7.53. The minimum atomic E-state index is -1.01. The molecule has 1 aliphatic heterocycles. The summed E-state index contributed by atoms with van der Waals surface area (Å²) in [5.41, 5.74) is 0.770. The molecule has 4 nitrogen and oxygen atoms in total. The molecule has 0 aromatic heterocycles. The molecule has 1 N–H and O–H groups in total. The smallest absolute Gasteiger partial charge is 0.311 e. The van der Waals surface area contributed by atoms with Gasteiger partial charge in [0.1, 0.15) is 0 Å². The quantitative estimate of drug-likeness (QED) is 0.870. The first-order valence-electron chi connectivity index (χ1n) is 5.98. The van der Waals surface area contributed by atoms with Gasteiger partial charge in [-0.3, -0.25) is 9.59 Å². The number of para-hydroxylation sites is 1. The summed E-state index contributed by atoms with van der Waals surface area (Å²) in [5, 5.41) is 9.32. The Morgan fingerprint density at radius 3 is 2.56 bits per heavy atom. The Morgan fingerprint density at radius 1 is 1.44 bits per heavy atom. The van der Waals surface area contributed by atoms with Crippen LogP contribution in [0.2, 0.25) is 0 Å². The molecule has 2 rings (SSSR count). The lowest BCUT2D eigenvalue weighted by atomic mass is 9.81. The number of amides is 1. The van der Waals surface area contributed by atoms with E-state index in [0.717, 1.165) is 11.3 Å². The molecule has 0 radical (unpaired) electrons. The molecule has 1 fully saturated rings. The maximum absolute atomic E-state index is 12.2. The zero-order valence-electron chi connectivity index (χ0n) is 10.8. The van der Waals surface area contributed by atoms with Gasteiger partial charge in [-0.25, -0.2) is 0 Å². The molecule has 1 heterocycles. The predicted octanol–water partition coefficient (Wildman–Crippen LogP) is 2.07. The molecular weight excluding hydrogens is 230 g/mol. The van der Waals surface area contributed by atoms with Gasteiger partial charge in [0.2, 0.25) is 5.91 Å². The molecule has 1 aromatic rings. The highest BCUT2D eigenvalue weighted by Crippen LogP contribution is 2.39. The minimum Gasteiger partial charge on any atom is -0.481 e. The van der Waals surface area contributed by atoms with Gasteiger partial charge in [0.25, 0.3) is 0 Å². The molecular formula is C14H17NO3. The van der Waals surface area contributed by atoms with Crippen LogP contribution in [0.5, 0.6) is 0 Å². The van der Waals surface area contributed by atoms with Crippen molar-refractivity contribution in [2.24, 2.45) is 11.3 Å². The van der Waals surface area contributed by atoms with Crippen LogP contribution in [0.15, 0.2) is 24.3 Å². The van der Waals surface area contributed by atoms with Crippen LogP contribution in [0.25, 0.3) is 0 Å². The Labute approximate surface area is 106 Å². The van der Waals surface area contributed by atoms with Gasteiger partial charge in [-0.05, 0) is 25.5 Å². The SMILES string of the molecule is Cc1ccccc1N1CC(C)(C(=O)O)C(C)C1=O. The second-order valence-corrected chi connectivity index (χ2v) is 5.16. The number of carbonyl (C=O) groups excluding carboxylic acids is 1. The van der Waals surface area contributed by atoms with E-state index in [1.54, 1.807) is 18.7 Å². The Balaban J connectivity index is 2.42. The number of carboxylic acids is 1. The average Bonchev–Trinajstić information content (AvgIpc) is 2.56. The zero-order valence-corrected chi connectivity index (χ0v) is 10.8. The molecule has 1 aliphatic rings. The summed E-state index contributed by atoms with van der Waals surface area (Å²) in [5.74, 6) is -1.54. The Morgan fingerprint density at radius 2 is 2.06 bits per heavy atom. The summed E-state index contributed by atoms with van der Waals surface area (Å²) in [6.45, 7) is 5.47. The van der Waals surface area contributed by atoms with Crippen LogP contribution in [0, 0.1) is 18.3 Å². The van der Waals surface area contributed by atoms with E-state index in [9.17, 15) is 14.7 Å². The Hall–Kier alpha value is -1.84. The molecule has 0 bridgehead atoms. The van der Waals surface area contributed by atoms with Gasteiger partial charge >= 0.3 is 5.97 Å². The number of aryl methyl sites for hydroxylation is 1. The summed E-state index contributed by atoms with van der Waals surface area (Å²) in [6.07, 6.45) is 0. The average molecular weight is 247 g/mol. The van der Waals surface area contributed by atoms with Crippen molar-refractivity contribution >= 4 is 17.6 Å². The van der Waals surface area contributed by atoms with Crippen LogP contribution in [-0.4, -0.2) is 23.5 Å². The number of anilines is 1. The second-order valence-electron chi connectivity index (χ2n) is 5.16. The first-order chi connectivity index (χ1) is 8.38. The van der Waals surface area contributed by atoms with Gasteiger partial charge < -0.3 is 10.0 Å². The predicted molar refractivity (Wildman–Crippen MR) is 68.4 cm³/mol. The van der Waals surface area contributed by atoms with Crippen LogP contribution in [0.4, 0.5) is 5.69 Å². The van der Waals surface area contributed by atoms with E-state index in [4.69, 9.17) is 0 Å². The molecule has 1 aromatic carbocycles. The molecule has 4 heteroatoms. The van der Waals surface area contributed by atoms with Gasteiger partial charge in [-0.2, -0.15) is 0 Å². The number of carbonyl (C=O) groups is 2. The fourth-order valence-corrected chi connectivity index (χ4v) is 2.37. The van der Waals surface area contributed by atoms with Crippen LogP contribution in [0.3, 0.4) is 0 Å². The molecule has 2 unspecified atom stereocenters. The molecule has 0 spiro atoms. The van der Waals surface area contributed by atoms with Crippen molar-refractivity contribution in [1.82, 2.24) is 0 Å². The van der Waals surface area contributed by atoms with E-state index in [0.29, 0.717) is 0 Å². The van der Waals surface area contributed by atoms with Crippen LogP contribution < -0.4 is 4.90 Å². The Bertz CT molecular complexity index is 512. The van der Waals surface area contributed by atoms with Crippen LogP contribution in [-0.2, 0) is 9.59 Å². The van der Waals surface area contributed by atoms with E-state index in [1.807, 2.05) is 31.2 Å². The molecule has 1 saturated heterocycles. The van der Waals surface area contributed by atoms with Crippen molar-refractivity contribution in [3.05, 3.63) is 29.8 Å². The highest BCUT2D eigenvalue weighted by molar-refractivity contribution is 6.02. The third-order valence-electron chi connectivity index (χ3n) is 3.97. The van der Waals surface area contributed by atoms with E-state index in [2.05, 4.69) is 0 Å². The second kappa shape index (κ2) is 4.12. The summed E-state index contributed by atoms with van der Waals surface area (Å²) >= 11 is 0. The van der Waals surface area contributed by atoms with E-state index in [-0.39, 0.29) is 12.5 Å². The van der Waals surface area contributed by atoms with Crippen molar-refractivity contribution in [2.75, 3.05) is 11.4 Å². The number of hydrogen-bond acceptors (Lipinski definition) is 2. The fraction of sp³-hybridized carbons (Fsp3) is 0.429. The van der Waals surface area contributed by atoms with Gasteiger partial charge in [0.05, 0.1) is 11.3 Å². The first-order valence-corrected chi connectivity index (χ1v) is 5.98. The molecule has 1 amide bonds. The van der Waals surface area contributed by atoms with E-state index < -0.39 is 17.3 Å². The topological polar surface area (TPSA) is 57.6 Å². The van der Waals surface area contributed by atoms with E-state index in [1.165, 1.54) is 0 Å². The highest BCUT2D eigenvalue weighted by atomic mass is 16.4. The van der Waals surface area contributed by atoms with Gasteiger partial charge in [0.15, 0.2) is 0 Å². The van der Waals surface area contributed by atoms with Gasteiger partial charge in [0, 0.05) is 12.2 Å². The molecule has 2 atom stereocenters. The normalized spacial score (nSPS) is 27.6. The zero-order chi connectivity index (χ0) is 13.5. The molecule has 96 valence electrons. The molecule has 18 heavy (non-hydrogen) atoms. The lowest BCUT2D eigenvalue weighted by molar-refractivity contribution is -0.150. The van der Waals surface area contributed by atoms with Crippen molar-refractivity contribution in [1.29, 1.82) is 0 Å². The molecule has 0 aliphatic carbocycles. The monoisotopic (exact) mass is 247 g/mol. The van der Waals surface area contributed by atoms with Crippen molar-refractivity contribution in [3.63, 3.8) is 0 Å². The standard InChI is InChI=1S/C14H17NO3/c1-9-6-4-5-7-11(9)15-8-14(3,13(17)18)10(2)12(15)16/h4-7,10H,8H2,1-3H3,(H,17,18). The number of carboxylic acid groups (broad SMARTS) is 1. The third kappa shape index (κ3) is 1.68. The minimum absolute atomic E-state index is 0.116. The lowest BCUT2D eigenvalue weighted by Gasteiger charge is -2.22. The number of aliphatic carboxylic acids is 1. The van der Waals surface area contributed by atoms with Crippen molar-refractivity contribution in [2.45, 2.75) is 20.8 Å². The van der Waals surface area contributed by atoms with Crippen LogP contribution in [0.1, 0.15) is 19.4 Å². The highest BCUT2D eigenvalue weighted by Gasteiger charge is 2.52. The van der Waals surface area contributed by atoms with E-state index >= 15 is 0 Å². The molecule has 0 saturated carbocycles. The maximum atomic E-state index is 12.2. The van der Waals surface area contributed by atoms with Crippen molar-refractivity contribution in [3.8, 4) is 0 Å². The maximum Gasteiger partial charge on any atom is 0.311 e. The van der Waals surface area contributed by atoms with Crippen LogP contribution >= 0.6 is 0 Å². The summed E-state index contributed by atoms with van der Waals surface area (Å²) in [7, 11) is 0.